The van der Waals surface area contributed by atoms with Gasteiger partial charge >= 0.3 is 6.09 Å². The van der Waals surface area contributed by atoms with Gasteiger partial charge in [0.1, 0.15) is 17.7 Å². The lowest BCUT2D eigenvalue weighted by molar-refractivity contribution is -0.141. The molecule has 1 aliphatic rings. The van der Waals surface area contributed by atoms with E-state index < -0.39 is 23.8 Å². The zero-order chi connectivity index (χ0) is 28.7. The Bertz CT molecular complexity index is 1140. The number of carbonyl (C=O) groups is 3. The number of nitrogens with zero attached hydrogens (tertiary/aromatic N) is 1. The second-order valence-electron chi connectivity index (χ2n) is 10.9. The zero-order valence-corrected chi connectivity index (χ0v) is 25.2. The number of aryl methyl sites for hydroxylation is 2. The molecule has 0 bridgehead atoms. The van der Waals surface area contributed by atoms with E-state index in [1.165, 1.54) is 0 Å². The summed E-state index contributed by atoms with van der Waals surface area (Å²) in [7, 11) is 0. The number of rotatable bonds is 11. The molecular formula is C30H40ClN3O4S. The number of nitrogens with one attached hydrogen (secondary N) is 2. The number of ether oxygens (including phenoxy) is 1. The van der Waals surface area contributed by atoms with Crippen molar-refractivity contribution < 1.29 is 19.1 Å². The lowest BCUT2D eigenvalue weighted by Gasteiger charge is -2.35. The molecule has 0 heterocycles. The van der Waals surface area contributed by atoms with Crippen LogP contribution in [0.2, 0.25) is 5.02 Å². The van der Waals surface area contributed by atoms with E-state index >= 15 is 0 Å². The fourth-order valence-corrected chi connectivity index (χ4v) is 5.09. The van der Waals surface area contributed by atoms with E-state index in [2.05, 4.69) is 17.6 Å². The van der Waals surface area contributed by atoms with Crippen molar-refractivity contribution in [3.63, 3.8) is 0 Å². The van der Waals surface area contributed by atoms with Gasteiger partial charge in [0.2, 0.25) is 5.91 Å². The van der Waals surface area contributed by atoms with Gasteiger partial charge in [-0.15, -0.1) is 0 Å². The molecular weight excluding hydrogens is 534 g/mol. The molecule has 0 aromatic heterocycles. The molecule has 2 N–H and O–H groups in total. The zero-order valence-electron chi connectivity index (χ0n) is 23.7. The Morgan fingerprint density at radius 3 is 2.33 bits per heavy atom. The standard InChI is InChI=1S/C30H40ClN3O4S/c1-7-20-11-13-21(14-12-20)26(27(35)33-25-19(2)9-8-10-23(25)31)34(22-15-16-22)28(36)24(17-18-39-6)32-29(37)38-30(3,4)5/h8-14,22,24,26H,7,15-18H2,1-6H3,(H,32,37)(H,33,35). The van der Waals surface area contributed by atoms with Gasteiger partial charge in [-0.3, -0.25) is 9.59 Å². The monoisotopic (exact) mass is 573 g/mol. The van der Waals surface area contributed by atoms with Crippen LogP contribution in [0.4, 0.5) is 10.5 Å². The van der Waals surface area contributed by atoms with Crippen molar-refractivity contribution in [1.82, 2.24) is 10.2 Å². The van der Waals surface area contributed by atoms with E-state index in [1.807, 2.05) is 49.6 Å². The van der Waals surface area contributed by atoms with Crippen LogP contribution in [0, 0.1) is 6.92 Å². The first-order valence-corrected chi connectivity index (χ1v) is 15.2. The van der Waals surface area contributed by atoms with E-state index in [4.69, 9.17) is 16.3 Å². The fourth-order valence-electron chi connectivity index (χ4n) is 4.35. The number of carbonyl (C=O) groups excluding carboxylic acids is 3. The normalized spacial score (nSPS) is 14.7. The molecule has 1 saturated carbocycles. The van der Waals surface area contributed by atoms with Crippen LogP contribution in [0.1, 0.15) is 69.7 Å². The molecule has 3 amide bonds. The molecule has 9 heteroatoms. The summed E-state index contributed by atoms with van der Waals surface area (Å²) in [5.41, 5.74) is 2.48. The Hall–Kier alpha value is -2.71. The van der Waals surface area contributed by atoms with Crippen molar-refractivity contribution >= 4 is 47.0 Å². The van der Waals surface area contributed by atoms with Gasteiger partial charge in [0, 0.05) is 6.04 Å². The van der Waals surface area contributed by atoms with Crippen LogP contribution in [0.5, 0.6) is 0 Å². The third-order valence-corrected chi connectivity index (χ3v) is 7.45. The minimum absolute atomic E-state index is 0.108. The van der Waals surface area contributed by atoms with Gasteiger partial charge in [0.15, 0.2) is 0 Å². The van der Waals surface area contributed by atoms with Crippen molar-refractivity contribution in [2.24, 2.45) is 0 Å². The number of halogens is 1. The number of alkyl carbamates (subject to hydrolysis) is 1. The van der Waals surface area contributed by atoms with Crippen molar-refractivity contribution in [1.29, 1.82) is 0 Å². The van der Waals surface area contributed by atoms with Crippen molar-refractivity contribution in [2.45, 2.75) is 84.0 Å². The van der Waals surface area contributed by atoms with Crippen LogP contribution in [-0.4, -0.2) is 52.5 Å². The van der Waals surface area contributed by atoms with Gasteiger partial charge in [-0.25, -0.2) is 4.79 Å². The average molecular weight is 574 g/mol. The van der Waals surface area contributed by atoms with Gasteiger partial charge in [-0.1, -0.05) is 54.9 Å². The second-order valence-corrected chi connectivity index (χ2v) is 12.3. The maximum absolute atomic E-state index is 14.2. The molecule has 0 aliphatic heterocycles. The minimum Gasteiger partial charge on any atom is -0.444 e. The van der Waals surface area contributed by atoms with Crippen molar-refractivity contribution in [2.75, 3.05) is 17.3 Å². The molecule has 2 aromatic carbocycles. The highest BCUT2D eigenvalue weighted by Gasteiger charge is 2.44. The first-order valence-electron chi connectivity index (χ1n) is 13.4. The molecule has 39 heavy (non-hydrogen) atoms. The van der Waals surface area contributed by atoms with E-state index in [0.29, 0.717) is 28.4 Å². The molecule has 2 aromatic rings. The molecule has 212 valence electrons. The minimum atomic E-state index is -0.899. The largest absolute Gasteiger partial charge is 0.444 e. The summed E-state index contributed by atoms with van der Waals surface area (Å²) >= 11 is 8.03. The molecule has 3 rings (SSSR count). The Kier molecular flexibility index (Phi) is 10.7. The summed E-state index contributed by atoms with van der Waals surface area (Å²) in [5.74, 6) is 0.00980. The summed E-state index contributed by atoms with van der Waals surface area (Å²) < 4.78 is 5.46. The summed E-state index contributed by atoms with van der Waals surface area (Å²) in [6, 6.07) is 11.4. The van der Waals surface area contributed by atoms with Gasteiger partial charge in [-0.2, -0.15) is 11.8 Å². The van der Waals surface area contributed by atoms with Gasteiger partial charge in [0.25, 0.3) is 5.91 Å². The van der Waals surface area contributed by atoms with E-state index in [9.17, 15) is 14.4 Å². The SMILES string of the molecule is CCc1ccc(C(C(=O)Nc2c(C)cccc2Cl)N(C(=O)C(CCSC)NC(=O)OC(C)(C)C)C2CC2)cc1. The predicted molar refractivity (Wildman–Crippen MR) is 159 cm³/mol. The summed E-state index contributed by atoms with van der Waals surface area (Å²) in [4.78, 5) is 42.6. The number of amides is 3. The summed E-state index contributed by atoms with van der Waals surface area (Å²) in [6.07, 6.45) is 4.14. The smallest absolute Gasteiger partial charge is 0.408 e. The van der Waals surface area contributed by atoms with Crippen LogP contribution < -0.4 is 10.6 Å². The number of hydrogen-bond donors (Lipinski definition) is 2. The van der Waals surface area contributed by atoms with Crippen LogP contribution >= 0.6 is 23.4 Å². The van der Waals surface area contributed by atoms with Gasteiger partial charge < -0.3 is 20.3 Å². The van der Waals surface area contributed by atoms with Crippen LogP contribution in [0.25, 0.3) is 0 Å². The van der Waals surface area contributed by atoms with Gasteiger partial charge in [-0.05, 0) is 88.1 Å². The lowest BCUT2D eigenvalue weighted by atomic mass is 9.99. The number of para-hydroxylation sites is 1. The number of anilines is 1. The highest BCUT2D eigenvalue weighted by atomic mass is 35.5. The highest BCUT2D eigenvalue weighted by Crippen LogP contribution is 2.37. The van der Waals surface area contributed by atoms with Crippen molar-refractivity contribution in [3.05, 3.63) is 64.2 Å². The van der Waals surface area contributed by atoms with Crippen molar-refractivity contribution in [3.8, 4) is 0 Å². The van der Waals surface area contributed by atoms with Crippen LogP contribution in [0.3, 0.4) is 0 Å². The fraction of sp³-hybridized carbons (Fsp3) is 0.500. The third-order valence-electron chi connectivity index (χ3n) is 6.49. The van der Waals surface area contributed by atoms with Crippen LogP contribution in [0.15, 0.2) is 42.5 Å². The Balaban J connectivity index is 2.01. The molecule has 0 saturated heterocycles. The molecule has 7 nitrogen and oxygen atoms in total. The third kappa shape index (κ3) is 8.64. The lowest BCUT2D eigenvalue weighted by Crippen LogP contribution is -2.53. The van der Waals surface area contributed by atoms with Crippen LogP contribution in [-0.2, 0) is 20.7 Å². The summed E-state index contributed by atoms with van der Waals surface area (Å²) in [5, 5.41) is 6.21. The second kappa shape index (κ2) is 13.6. The van der Waals surface area contributed by atoms with E-state index in [1.54, 1.807) is 43.5 Å². The molecule has 1 fully saturated rings. The van der Waals surface area contributed by atoms with E-state index in [0.717, 1.165) is 30.4 Å². The Labute approximate surface area is 241 Å². The predicted octanol–water partition coefficient (Wildman–Crippen LogP) is 6.53. The molecule has 2 unspecified atom stereocenters. The highest BCUT2D eigenvalue weighted by molar-refractivity contribution is 7.98. The summed E-state index contributed by atoms with van der Waals surface area (Å²) in [6.45, 7) is 9.27. The molecule has 2 atom stereocenters. The number of hydrogen-bond acceptors (Lipinski definition) is 5. The maximum atomic E-state index is 14.2. The maximum Gasteiger partial charge on any atom is 0.408 e. The first-order chi connectivity index (χ1) is 18.4. The molecule has 0 spiro atoms. The Morgan fingerprint density at radius 1 is 1.13 bits per heavy atom. The van der Waals surface area contributed by atoms with E-state index in [-0.39, 0.29) is 17.9 Å². The van der Waals surface area contributed by atoms with Gasteiger partial charge in [0.05, 0.1) is 10.7 Å². The molecule has 0 radical (unpaired) electrons. The molecule has 1 aliphatic carbocycles. The Morgan fingerprint density at radius 2 is 1.79 bits per heavy atom. The topological polar surface area (TPSA) is 87.7 Å². The first kappa shape index (κ1) is 30.8. The quantitative estimate of drug-likeness (QED) is 0.319. The number of benzene rings is 2. The average Bonchev–Trinajstić information content (AvgIpc) is 3.71. The number of thioether (sulfide) groups is 1.